The summed E-state index contributed by atoms with van der Waals surface area (Å²) in [7, 11) is 0. The zero-order valence-electron chi connectivity index (χ0n) is 10.2. The predicted octanol–water partition coefficient (Wildman–Crippen LogP) is 2.27. The minimum atomic E-state index is 0.340. The molecule has 1 aliphatic rings. The van der Waals surface area contributed by atoms with Gasteiger partial charge in [0.05, 0.1) is 11.4 Å². The van der Waals surface area contributed by atoms with Crippen LogP contribution in [0.1, 0.15) is 32.0 Å². The highest BCUT2D eigenvalue weighted by Gasteiger charge is 2.20. The van der Waals surface area contributed by atoms with Crippen LogP contribution in [-0.4, -0.2) is 27.3 Å². The Morgan fingerprint density at radius 2 is 2.31 bits per heavy atom. The average Bonchev–Trinajstić information content (AvgIpc) is 2.81. The molecule has 2 rings (SSSR count). The molecule has 1 aliphatic heterocycles. The number of nitrogens with two attached hydrogens (primary N) is 1. The molecule has 0 spiro atoms. The molecule has 0 saturated carbocycles. The summed E-state index contributed by atoms with van der Waals surface area (Å²) in [6, 6.07) is 0.883. The van der Waals surface area contributed by atoms with Gasteiger partial charge < -0.3 is 11.1 Å². The summed E-state index contributed by atoms with van der Waals surface area (Å²) >= 11 is 2.00. The molecule has 0 bridgehead atoms. The van der Waals surface area contributed by atoms with Gasteiger partial charge in [0.25, 0.3) is 0 Å². The van der Waals surface area contributed by atoms with Crippen molar-refractivity contribution in [3.63, 3.8) is 0 Å². The number of aromatic nitrogens is 2. The maximum absolute atomic E-state index is 6.07. The van der Waals surface area contributed by atoms with Crippen molar-refractivity contribution in [3.05, 3.63) is 5.69 Å². The first-order valence-electron chi connectivity index (χ1n) is 5.78. The van der Waals surface area contributed by atoms with Gasteiger partial charge in [-0.2, -0.15) is 16.9 Å². The number of nitrogens with one attached hydrogen (secondary N) is 1. The second-order valence-electron chi connectivity index (χ2n) is 4.59. The zero-order chi connectivity index (χ0) is 11.7. The number of hydrogen-bond donors (Lipinski definition) is 2. The third kappa shape index (κ3) is 2.14. The standard InChI is InChI=1S/C11H20N4S/c1-7(2)15-11(10(12)8(3)14-15)13-9-4-5-16-6-9/h7,9,13H,4-6,12H2,1-3H3. The van der Waals surface area contributed by atoms with E-state index in [4.69, 9.17) is 5.73 Å². The van der Waals surface area contributed by atoms with Crippen LogP contribution in [0.5, 0.6) is 0 Å². The van der Waals surface area contributed by atoms with E-state index in [0.717, 1.165) is 17.2 Å². The van der Waals surface area contributed by atoms with Gasteiger partial charge in [0.15, 0.2) is 0 Å². The Bertz CT molecular complexity index is 366. The van der Waals surface area contributed by atoms with Crippen molar-refractivity contribution in [2.24, 2.45) is 0 Å². The summed E-state index contributed by atoms with van der Waals surface area (Å²) in [5.74, 6) is 3.41. The van der Waals surface area contributed by atoms with Gasteiger partial charge in [0.1, 0.15) is 5.82 Å². The van der Waals surface area contributed by atoms with E-state index >= 15 is 0 Å². The lowest BCUT2D eigenvalue weighted by atomic mass is 10.2. The highest BCUT2D eigenvalue weighted by Crippen LogP contribution is 2.29. The Morgan fingerprint density at radius 1 is 1.56 bits per heavy atom. The van der Waals surface area contributed by atoms with Crippen LogP contribution in [0.4, 0.5) is 11.5 Å². The van der Waals surface area contributed by atoms with Crippen molar-refractivity contribution in [3.8, 4) is 0 Å². The van der Waals surface area contributed by atoms with Gasteiger partial charge in [-0.05, 0) is 32.9 Å². The fraction of sp³-hybridized carbons (Fsp3) is 0.727. The molecule has 0 amide bonds. The highest BCUT2D eigenvalue weighted by atomic mass is 32.2. The predicted molar refractivity (Wildman–Crippen MR) is 71.1 cm³/mol. The van der Waals surface area contributed by atoms with E-state index in [9.17, 15) is 0 Å². The quantitative estimate of drug-likeness (QED) is 0.851. The number of aryl methyl sites for hydroxylation is 1. The highest BCUT2D eigenvalue weighted by molar-refractivity contribution is 7.99. The zero-order valence-corrected chi connectivity index (χ0v) is 11.0. The summed E-state index contributed by atoms with van der Waals surface area (Å²) < 4.78 is 1.99. The summed E-state index contributed by atoms with van der Waals surface area (Å²) in [6.45, 7) is 6.21. The van der Waals surface area contributed by atoms with Gasteiger partial charge in [-0.15, -0.1) is 0 Å². The van der Waals surface area contributed by atoms with E-state index < -0.39 is 0 Å². The topological polar surface area (TPSA) is 55.9 Å². The molecule has 1 unspecified atom stereocenters. The fourth-order valence-electron chi connectivity index (χ4n) is 1.92. The average molecular weight is 240 g/mol. The van der Waals surface area contributed by atoms with Gasteiger partial charge in [-0.25, -0.2) is 4.68 Å². The third-order valence-corrected chi connectivity index (χ3v) is 4.05. The molecule has 0 aromatic carbocycles. The maximum atomic E-state index is 6.07. The molecule has 0 radical (unpaired) electrons. The molecule has 2 heterocycles. The number of rotatable bonds is 3. The lowest BCUT2D eigenvalue weighted by molar-refractivity contribution is 0.531. The van der Waals surface area contributed by atoms with Gasteiger partial charge in [-0.3, -0.25) is 0 Å². The number of anilines is 2. The summed E-state index contributed by atoms with van der Waals surface area (Å²) in [6.07, 6.45) is 1.21. The summed E-state index contributed by atoms with van der Waals surface area (Å²) in [5, 5.41) is 8.01. The van der Waals surface area contributed by atoms with Crippen molar-refractivity contribution in [2.45, 2.75) is 39.3 Å². The van der Waals surface area contributed by atoms with Crippen molar-refractivity contribution < 1.29 is 0 Å². The molecule has 90 valence electrons. The van der Waals surface area contributed by atoms with Crippen LogP contribution in [0, 0.1) is 6.92 Å². The van der Waals surface area contributed by atoms with Gasteiger partial charge in [-0.1, -0.05) is 0 Å². The Labute approximate surface area is 101 Å². The van der Waals surface area contributed by atoms with E-state index in [1.54, 1.807) is 0 Å². The smallest absolute Gasteiger partial charge is 0.148 e. The van der Waals surface area contributed by atoms with Crippen LogP contribution in [0.3, 0.4) is 0 Å². The molecule has 4 nitrogen and oxygen atoms in total. The van der Waals surface area contributed by atoms with E-state index in [0.29, 0.717) is 12.1 Å². The molecule has 1 fully saturated rings. The fourth-order valence-corrected chi connectivity index (χ4v) is 3.07. The second-order valence-corrected chi connectivity index (χ2v) is 5.74. The van der Waals surface area contributed by atoms with Crippen LogP contribution in [0.2, 0.25) is 0 Å². The second kappa shape index (κ2) is 4.57. The van der Waals surface area contributed by atoms with Crippen LogP contribution in [0.25, 0.3) is 0 Å². The number of nitrogens with zero attached hydrogens (tertiary/aromatic N) is 2. The van der Waals surface area contributed by atoms with Gasteiger partial charge >= 0.3 is 0 Å². The van der Waals surface area contributed by atoms with E-state index in [-0.39, 0.29) is 0 Å². The van der Waals surface area contributed by atoms with E-state index in [2.05, 4.69) is 24.3 Å². The molecule has 1 aromatic rings. The van der Waals surface area contributed by atoms with Crippen LogP contribution < -0.4 is 11.1 Å². The monoisotopic (exact) mass is 240 g/mol. The first-order chi connectivity index (χ1) is 7.59. The number of nitrogen functional groups attached to an aromatic ring is 1. The van der Waals surface area contributed by atoms with Crippen LogP contribution >= 0.6 is 11.8 Å². The Kier molecular flexibility index (Phi) is 3.33. The molecule has 16 heavy (non-hydrogen) atoms. The lowest BCUT2D eigenvalue weighted by Gasteiger charge is -2.17. The van der Waals surface area contributed by atoms with Crippen molar-refractivity contribution >= 4 is 23.3 Å². The molecule has 1 atom stereocenters. The Balaban J connectivity index is 2.23. The van der Waals surface area contributed by atoms with E-state index in [1.807, 2.05) is 23.4 Å². The normalized spacial score (nSPS) is 20.6. The number of hydrogen-bond acceptors (Lipinski definition) is 4. The van der Waals surface area contributed by atoms with Crippen molar-refractivity contribution in [2.75, 3.05) is 22.6 Å². The van der Waals surface area contributed by atoms with Gasteiger partial charge in [0.2, 0.25) is 0 Å². The number of thioether (sulfide) groups is 1. The largest absolute Gasteiger partial charge is 0.394 e. The Hall–Kier alpha value is -0.840. The third-order valence-electron chi connectivity index (χ3n) is 2.89. The molecule has 5 heteroatoms. The summed E-state index contributed by atoms with van der Waals surface area (Å²) in [5.41, 5.74) is 7.78. The molecule has 3 N–H and O–H groups in total. The minimum absolute atomic E-state index is 0.340. The van der Waals surface area contributed by atoms with Crippen LogP contribution in [0.15, 0.2) is 0 Å². The maximum Gasteiger partial charge on any atom is 0.148 e. The summed E-state index contributed by atoms with van der Waals surface area (Å²) in [4.78, 5) is 0. The molecular formula is C11H20N4S. The molecule has 1 saturated heterocycles. The van der Waals surface area contributed by atoms with E-state index in [1.165, 1.54) is 17.9 Å². The first kappa shape index (κ1) is 11.6. The molecule has 0 aliphatic carbocycles. The van der Waals surface area contributed by atoms with Crippen molar-refractivity contribution in [1.82, 2.24) is 9.78 Å². The van der Waals surface area contributed by atoms with Crippen molar-refractivity contribution in [1.29, 1.82) is 0 Å². The SMILES string of the molecule is Cc1nn(C(C)C)c(NC2CCSC2)c1N. The first-order valence-corrected chi connectivity index (χ1v) is 6.94. The minimum Gasteiger partial charge on any atom is -0.394 e. The lowest BCUT2D eigenvalue weighted by Crippen LogP contribution is -2.22. The Morgan fingerprint density at radius 3 is 2.88 bits per heavy atom. The molecular weight excluding hydrogens is 220 g/mol. The van der Waals surface area contributed by atoms with Crippen LogP contribution in [-0.2, 0) is 0 Å². The molecule has 1 aromatic heterocycles. The van der Waals surface area contributed by atoms with Gasteiger partial charge in [0, 0.05) is 17.8 Å².